The molecule has 21 heavy (non-hydrogen) atoms. The Labute approximate surface area is 129 Å². The molecule has 0 aliphatic carbocycles. The average molecular weight is 296 g/mol. The summed E-state index contributed by atoms with van der Waals surface area (Å²) in [6, 6.07) is 0.311. The first-order chi connectivity index (χ1) is 9.97. The molecule has 2 saturated heterocycles. The highest BCUT2D eigenvalue weighted by Gasteiger charge is 2.30. The van der Waals surface area contributed by atoms with E-state index in [1.54, 1.807) is 6.92 Å². The minimum Gasteiger partial charge on any atom is -0.341 e. The fourth-order valence-electron chi connectivity index (χ4n) is 3.76. The maximum absolute atomic E-state index is 11.9. The van der Waals surface area contributed by atoms with Gasteiger partial charge in [0, 0.05) is 25.7 Å². The molecule has 2 rings (SSSR count). The lowest BCUT2D eigenvalue weighted by Gasteiger charge is -2.42. The van der Waals surface area contributed by atoms with Crippen LogP contribution < -0.4 is 5.73 Å². The van der Waals surface area contributed by atoms with Gasteiger partial charge in [0.1, 0.15) is 0 Å². The zero-order chi connectivity index (χ0) is 15.4. The number of hydrogen-bond donors (Lipinski definition) is 1. The second-order valence-electron chi connectivity index (χ2n) is 7.09. The number of hydrogen-bond acceptors (Lipinski definition) is 4. The molecule has 5 heteroatoms. The van der Waals surface area contributed by atoms with Gasteiger partial charge < -0.3 is 20.4 Å². The number of rotatable bonds is 4. The summed E-state index contributed by atoms with van der Waals surface area (Å²) in [5, 5.41) is 0. The summed E-state index contributed by atoms with van der Waals surface area (Å²) in [5.74, 6) is 0.967. The lowest BCUT2D eigenvalue weighted by Crippen LogP contribution is -2.51. The summed E-state index contributed by atoms with van der Waals surface area (Å²) in [6.07, 6.45) is 4.85. The van der Waals surface area contributed by atoms with Crippen molar-refractivity contribution in [2.24, 2.45) is 11.7 Å². The number of carbonyl (C=O) groups is 1. The molecule has 0 spiro atoms. The summed E-state index contributed by atoms with van der Waals surface area (Å²) in [6.45, 7) is 7.21. The second-order valence-corrected chi connectivity index (χ2v) is 7.09. The number of carbonyl (C=O) groups excluding carboxylic acids is 1. The molecule has 0 unspecified atom stereocenters. The van der Waals surface area contributed by atoms with Crippen LogP contribution in [0.4, 0.5) is 0 Å². The van der Waals surface area contributed by atoms with Gasteiger partial charge in [0.25, 0.3) is 0 Å². The van der Waals surface area contributed by atoms with E-state index in [-0.39, 0.29) is 11.9 Å². The van der Waals surface area contributed by atoms with Crippen molar-refractivity contribution in [1.82, 2.24) is 14.7 Å². The van der Waals surface area contributed by atoms with E-state index in [0.29, 0.717) is 6.04 Å². The van der Waals surface area contributed by atoms with Gasteiger partial charge in [-0.25, -0.2) is 0 Å². The Morgan fingerprint density at radius 1 is 1.14 bits per heavy atom. The predicted octanol–water partition coefficient (Wildman–Crippen LogP) is 0.598. The molecule has 2 fully saturated rings. The molecule has 1 atom stereocenters. The third kappa shape index (κ3) is 4.66. The van der Waals surface area contributed by atoms with Crippen molar-refractivity contribution in [2.45, 2.75) is 44.7 Å². The van der Waals surface area contributed by atoms with Crippen molar-refractivity contribution in [3.8, 4) is 0 Å². The van der Waals surface area contributed by atoms with Gasteiger partial charge in [0.2, 0.25) is 5.91 Å². The highest BCUT2D eigenvalue weighted by atomic mass is 16.2. The maximum atomic E-state index is 11.9. The first kappa shape index (κ1) is 16.7. The molecule has 5 nitrogen and oxygen atoms in total. The minimum atomic E-state index is -0.358. The molecule has 1 amide bonds. The standard InChI is InChI=1S/C16H32N4O/c1-13(17)16(21)20-10-6-15(7-11-20)19-8-4-14(5-9-19)12-18(2)3/h13-15H,4-12,17H2,1-3H3/t13-/m0/s1. The first-order valence-electron chi connectivity index (χ1n) is 8.40. The smallest absolute Gasteiger partial charge is 0.239 e. The van der Waals surface area contributed by atoms with Crippen molar-refractivity contribution in [2.75, 3.05) is 46.8 Å². The molecule has 0 saturated carbocycles. The molecule has 2 heterocycles. The van der Waals surface area contributed by atoms with E-state index in [9.17, 15) is 4.79 Å². The number of amides is 1. The van der Waals surface area contributed by atoms with Crippen molar-refractivity contribution in [3.05, 3.63) is 0 Å². The molecule has 0 aromatic heterocycles. The fourth-order valence-corrected chi connectivity index (χ4v) is 3.76. The zero-order valence-electron chi connectivity index (χ0n) is 13.9. The van der Waals surface area contributed by atoms with Crippen LogP contribution in [0.15, 0.2) is 0 Å². The van der Waals surface area contributed by atoms with E-state index in [1.165, 1.54) is 32.5 Å². The molecule has 122 valence electrons. The van der Waals surface area contributed by atoms with E-state index in [0.717, 1.165) is 31.8 Å². The van der Waals surface area contributed by atoms with Gasteiger partial charge in [0.05, 0.1) is 6.04 Å². The SMILES string of the molecule is C[C@H](N)C(=O)N1CCC(N2CCC(CN(C)C)CC2)CC1. The Balaban J connectivity index is 1.73. The molecule has 0 aromatic carbocycles. The molecule has 0 bridgehead atoms. The summed E-state index contributed by atoms with van der Waals surface area (Å²) in [7, 11) is 4.33. The lowest BCUT2D eigenvalue weighted by atomic mass is 9.93. The van der Waals surface area contributed by atoms with Crippen LogP contribution in [0, 0.1) is 5.92 Å². The molecule has 0 radical (unpaired) electrons. The van der Waals surface area contributed by atoms with Crippen LogP contribution in [0.1, 0.15) is 32.6 Å². The summed E-state index contributed by atoms with van der Waals surface area (Å²) < 4.78 is 0. The fraction of sp³-hybridized carbons (Fsp3) is 0.938. The topological polar surface area (TPSA) is 52.8 Å². The Bertz CT molecular complexity index is 329. The third-order valence-corrected chi connectivity index (χ3v) is 4.95. The van der Waals surface area contributed by atoms with E-state index < -0.39 is 0 Å². The highest BCUT2D eigenvalue weighted by Crippen LogP contribution is 2.24. The van der Waals surface area contributed by atoms with E-state index in [4.69, 9.17) is 5.73 Å². The third-order valence-electron chi connectivity index (χ3n) is 4.95. The Hall–Kier alpha value is -0.650. The van der Waals surface area contributed by atoms with Crippen LogP contribution in [0.5, 0.6) is 0 Å². The molecular formula is C16H32N4O. The molecule has 2 aliphatic heterocycles. The summed E-state index contributed by atoms with van der Waals surface area (Å²) in [5.41, 5.74) is 5.69. The zero-order valence-corrected chi connectivity index (χ0v) is 13.9. The van der Waals surface area contributed by atoms with Crippen LogP contribution in [0.3, 0.4) is 0 Å². The van der Waals surface area contributed by atoms with Crippen molar-refractivity contribution >= 4 is 5.91 Å². The van der Waals surface area contributed by atoms with Crippen LogP contribution in [0.2, 0.25) is 0 Å². The van der Waals surface area contributed by atoms with Gasteiger partial charge in [0.15, 0.2) is 0 Å². The quantitative estimate of drug-likeness (QED) is 0.825. The van der Waals surface area contributed by atoms with E-state index >= 15 is 0 Å². The van der Waals surface area contributed by atoms with Crippen molar-refractivity contribution in [3.63, 3.8) is 0 Å². The minimum absolute atomic E-state index is 0.109. The van der Waals surface area contributed by atoms with Gasteiger partial charge in [-0.05, 0) is 65.7 Å². The van der Waals surface area contributed by atoms with Gasteiger partial charge in [-0.3, -0.25) is 4.79 Å². The Morgan fingerprint density at radius 2 is 1.71 bits per heavy atom. The number of nitrogens with two attached hydrogens (primary N) is 1. The number of likely N-dealkylation sites (tertiary alicyclic amines) is 2. The molecule has 2 N–H and O–H groups in total. The highest BCUT2D eigenvalue weighted by molar-refractivity contribution is 5.81. The molecule has 0 aromatic rings. The number of piperidine rings is 2. The Kier molecular flexibility index (Phi) is 6.02. The van der Waals surface area contributed by atoms with Crippen LogP contribution in [-0.2, 0) is 4.79 Å². The van der Waals surface area contributed by atoms with E-state index in [1.807, 2.05) is 4.90 Å². The molecule has 2 aliphatic rings. The summed E-state index contributed by atoms with van der Waals surface area (Å²) in [4.78, 5) is 18.8. The predicted molar refractivity (Wildman–Crippen MR) is 86.1 cm³/mol. The monoisotopic (exact) mass is 296 g/mol. The van der Waals surface area contributed by atoms with Crippen LogP contribution >= 0.6 is 0 Å². The number of nitrogens with zero attached hydrogens (tertiary/aromatic N) is 3. The van der Waals surface area contributed by atoms with Crippen molar-refractivity contribution < 1.29 is 4.79 Å². The first-order valence-corrected chi connectivity index (χ1v) is 8.40. The second kappa shape index (κ2) is 7.56. The molecular weight excluding hydrogens is 264 g/mol. The van der Waals surface area contributed by atoms with Gasteiger partial charge in [-0.2, -0.15) is 0 Å². The summed E-state index contributed by atoms with van der Waals surface area (Å²) >= 11 is 0. The van der Waals surface area contributed by atoms with Crippen LogP contribution in [0.25, 0.3) is 0 Å². The normalized spacial score (nSPS) is 24.5. The Morgan fingerprint density at radius 3 is 2.19 bits per heavy atom. The maximum Gasteiger partial charge on any atom is 0.239 e. The van der Waals surface area contributed by atoms with Crippen LogP contribution in [-0.4, -0.2) is 79.5 Å². The lowest BCUT2D eigenvalue weighted by molar-refractivity contribution is -0.133. The average Bonchev–Trinajstić information content (AvgIpc) is 2.47. The van der Waals surface area contributed by atoms with Gasteiger partial charge in [-0.1, -0.05) is 0 Å². The van der Waals surface area contributed by atoms with E-state index in [2.05, 4.69) is 23.9 Å². The van der Waals surface area contributed by atoms with Gasteiger partial charge >= 0.3 is 0 Å². The van der Waals surface area contributed by atoms with Gasteiger partial charge in [-0.15, -0.1) is 0 Å². The largest absolute Gasteiger partial charge is 0.341 e. The van der Waals surface area contributed by atoms with Crippen molar-refractivity contribution in [1.29, 1.82) is 0 Å².